The van der Waals surface area contributed by atoms with Gasteiger partial charge in [-0.2, -0.15) is 0 Å². The number of carbonyl (C=O) groups excluding carboxylic acids is 1. The summed E-state index contributed by atoms with van der Waals surface area (Å²) in [5, 5.41) is 3.01. The highest BCUT2D eigenvalue weighted by Crippen LogP contribution is 2.07. The molecule has 92 valence electrons. The summed E-state index contributed by atoms with van der Waals surface area (Å²) >= 11 is 0. The van der Waals surface area contributed by atoms with Crippen LogP contribution < -0.4 is 5.32 Å². The van der Waals surface area contributed by atoms with Gasteiger partial charge in [-0.05, 0) is 24.5 Å². The fourth-order valence-electron chi connectivity index (χ4n) is 1.94. The number of pyridine rings is 1. The largest absolute Gasteiger partial charge is 0.342 e. The van der Waals surface area contributed by atoms with Crippen molar-refractivity contribution in [1.82, 2.24) is 15.2 Å². The van der Waals surface area contributed by atoms with Gasteiger partial charge in [0, 0.05) is 25.8 Å². The second-order valence-electron chi connectivity index (χ2n) is 4.20. The second-order valence-corrected chi connectivity index (χ2v) is 4.20. The molecule has 2 heterocycles. The SMILES string of the molecule is O=C(CNCc1cncc(F)c1)N1CCCC1. The molecule has 0 unspecified atom stereocenters. The maximum Gasteiger partial charge on any atom is 0.236 e. The monoisotopic (exact) mass is 237 g/mol. The molecule has 17 heavy (non-hydrogen) atoms. The van der Waals surface area contributed by atoms with Crippen molar-refractivity contribution in [3.63, 3.8) is 0 Å². The summed E-state index contributed by atoms with van der Waals surface area (Å²) in [6.07, 6.45) is 4.95. The van der Waals surface area contributed by atoms with Crippen molar-refractivity contribution in [3.8, 4) is 0 Å². The molecule has 0 atom stereocenters. The Labute approximate surface area is 99.8 Å². The minimum atomic E-state index is -0.352. The molecule has 5 heteroatoms. The zero-order valence-corrected chi connectivity index (χ0v) is 9.66. The lowest BCUT2D eigenvalue weighted by molar-refractivity contribution is -0.129. The van der Waals surface area contributed by atoms with Gasteiger partial charge in [0.1, 0.15) is 5.82 Å². The maximum absolute atomic E-state index is 12.8. The zero-order chi connectivity index (χ0) is 12.1. The summed E-state index contributed by atoms with van der Waals surface area (Å²) in [6.45, 7) is 2.49. The molecule has 1 aromatic heterocycles. The van der Waals surface area contributed by atoms with E-state index in [1.807, 2.05) is 4.90 Å². The lowest BCUT2D eigenvalue weighted by Gasteiger charge is -2.15. The minimum absolute atomic E-state index is 0.117. The molecule has 1 saturated heterocycles. The molecule has 1 aromatic rings. The van der Waals surface area contributed by atoms with Crippen molar-refractivity contribution in [3.05, 3.63) is 29.8 Å². The van der Waals surface area contributed by atoms with Crippen molar-refractivity contribution in [2.24, 2.45) is 0 Å². The Morgan fingerprint density at radius 3 is 2.88 bits per heavy atom. The molecule has 2 rings (SSSR count). The van der Waals surface area contributed by atoms with Gasteiger partial charge in [0.2, 0.25) is 5.91 Å². The average Bonchev–Trinajstić information content (AvgIpc) is 2.82. The van der Waals surface area contributed by atoms with Crippen molar-refractivity contribution in [2.45, 2.75) is 19.4 Å². The van der Waals surface area contributed by atoms with E-state index in [2.05, 4.69) is 10.3 Å². The number of hydrogen-bond acceptors (Lipinski definition) is 3. The molecular weight excluding hydrogens is 221 g/mol. The number of nitrogens with zero attached hydrogens (tertiary/aromatic N) is 2. The fraction of sp³-hybridized carbons (Fsp3) is 0.500. The molecule has 1 N–H and O–H groups in total. The second kappa shape index (κ2) is 5.72. The van der Waals surface area contributed by atoms with Crippen LogP contribution in [0.1, 0.15) is 18.4 Å². The summed E-state index contributed by atoms with van der Waals surface area (Å²) in [5.74, 6) is -0.234. The molecule has 0 saturated carbocycles. The van der Waals surface area contributed by atoms with Crippen molar-refractivity contribution >= 4 is 5.91 Å². The molecule has 1 fully saturated rings. The van der Waals surface area contributed by atoms with Crippen LogP contribution in [0.5, 0.6) is 0 Å². The van der Waals surface area contributed by atoms with Crippen LogP contribution in [0, 0.1) is 5.82 Å². The lowest BCUT2D eigenvalue weighted by Crippen LogP contribution is -2.35. The van der Waals surface area contributed by atoms with E-state index < -0.39 is 0 Å². The van der Waals surface area contributed by atoms with Gasteiger partial charge in [0.25, 0.3) is 0 Å². The normalized spacial score (nSPS) is 15.2. The smallest absolute Gasteiger partial charge is 0.236 e. The van der Waals surface area contributed by atoms with Crippen LogP contribution in [0.15, 0.2) is 18.5 Å². The van der Waals surface area contributed by atoms with E-state index in [0.29, 0.717) is 13.1 Å². The van der Waals surface area contributed by atoms with Gasteiger partial charge in [-0.25, -0.2) is 4.39 Å². The minimum Gasteiger partial charge on any atom is -0.342 e. The number of likely N-dealkylation sites (tertiary alicyclic amines) is 1. The van der Waals surface area contributed by atoms with Gasteiger partial charge in [-0.1, -0.05) is 0 Å². The molecule has 0 bridgehead atoms. The van der Waals surface area contributed by atoms with E-state index in [4.69, 9.17) is 0 Å². The molecule has 0 spiro atoms. The predicted molar refractivity (Wildman–Crippen MR) is 61.7 cm³/mol. The standard InChI is InChI=1S/C12H16FN3O/c13-11-5-10(6-14-8-11)7-15-9-12(17)16-3-1-2-4-16/h5-6,8,15H,1-4,7,9H2. The molecule has 4 nitrogen and oxygen atoms in total. The number of halogens is 1. The maximum atomic E-state index is 12.8. The Morgan fingerprint density at radius 2 is 2.18 bits per heavy atom. The van der Waals surface area contributed by atoms with Crippen LogP contribution in [0.2, 0.25) is 0 Å². The first kappa shape index (κ1) is 12.0. The first-order chi connectivity index (χ1) is 8.25. The highest BCUT2D eigenvalue weighted by Gasteiger charge is 2.16. The van der Waals surface area contributed by atoms with Crippen LogP contribution in [0.4, 0.5) is 4.39 Å². The first-order valence-electron chi connectivity index (χ1n) is 5.83. The van der Waals surface area contributed by atoms with E-state index in [1.165, 1.54) is 12.3 Å². The Balaban J connectivity index is 1.73. The third-order valence-corrected chi connectivity index (χ3v) is 2.83. The van der Waals surface area contributed by atoms with E-state index in [-0.39, 0.29) is 11.7 Å². The number of aromatic nitrogens is 1. The van der Waals surface area contributed by atoms with E-state index >= 15 is 0 Å². The fourth-order valence-corrected chi connectivity index (χ4v) is 1.94. The summed E-state index contributed by atoms with van der Waals surface area (Å²) in [5.41, 5.74) is 0.749. The number of rotatable bonds is 4. The molecule has 1 amide bonds. The van der Waals surface area contributed by atoms with Crippen molar-refractivity contribution < 1.29 is 9.18 Å². The Bertz CT molecular complexity index is 391. The summed E-state index contributed by atoms with van der Waals surface area (Å²) in [4.78, 5) is 17.3. The van der Waals surface area contributed by atoms with Gasteiger partial charge in [-0.3, -0.25) is 9.78 Å². The van der Waals surface area contributed by atoms with Gasteiger partial charge < -0.3 is 10.2 Å². The molecule has 1 aliphatic rings. The molecule has 1 aliphatic heterocycles. The molecule has 0 aliphatic carbocycles. The summed E-state index contributed by atoms with van der Waals surface area (Å²) in [6, 6.07) is 1.42. The van der Waals surface area contributed by atoms with Crippen LogP contribution >= 0.6 is 0 Å². The third-order valence-electron chi connectivity index (χ3n) is 2.83. The lowest BCUT2D eigenvalue weighted by atomic mass is 10.3. The van der Waals surface area contributed by atoms with Crippen LogP contribution in [0.3, 0.4) is 0 Å². The molecule has 0 aromatic carbocycles. The topological polar surface area (TPSA) is 45.2 Å². The van der Waals surface area contributed by atoms with E-state index in [9.17, 15) is 9.18 Å². The quantitative estimate of drug-likeness (QED) is 0.847. The van der Waals surface area contributed by atoms with Gasteiger partial charge in [0.15, 0.2) is 0 Å². The average molecular weight is 237 g/mol. The zero-order valence-electron chi connectivity index (χ0n) is 9.66. The van der Waals surface area contributed by atoms with E-state index in [1.54, 1.807) is 6.20 Å². The number of hydrogen-bond donors (Lipinski definition) is 1. The van der Waals surface area contributed by atoms with Gasteiger partial charge in [0.05, 0.1) is 12.7 Å². The summed E-state index contributed by atoms with van der Waals surface area (Å²) < 4.78 is 12.8. The Hall–Kier alpha value is -1.49. The van der Waals surface area contributed by atoms with Gasteiger partial charge in [-0.15, -0.1) is 0 Å². The van der Waals surface area contributed by atoms with Crippen LogP contribution in [-0.2, 0) is 11.3 Å². The van der Waals surface area contributed by atoms with Crippen LogP contribution in [0.25, 0.3) is 0 Å². The molecule has 0 radical (unpaired) electrons. The first-order valence-corrected chi connectivity index (χ1v) is 5.83. The highest BCUT2D eigenvalue weighted by atomic mass is 19.1. The third kappa shape index (κ3) is 3.49. The van der Waals surface area contributed by atoms with Crippen molar-refractivity contribution in [1.29, 1.82) is 0 Å². The number of carbonyl (C=O) groups is 1. The van der Waals surface area contributed by atoms with Crippen LogP contribution in [-0.4, -0.2) is 35.4 Å². The number of nitrogens with one attached hydrogen (secondary N) is 1. The Kier molecular flexibility index (Phi) is 4.03. The Morgan fingerprint density at radius 1 is 1.41 bits per heavy atom. The predicted octanol–water partition coefficient (Wildman–Crippen LogP) is 0.933. The molecular formula is C12H16FN3O. The van der Waals surface area contributed by atoms with E-state index in [0.717, 1.165) is 31.5 Å². The van der Waals surface area contributed by atoms with Crippen molar-refractivity contribution in [2.75, 3.05) is 19.6 Å². The highest BCUT2D eigenvalue weighted by molar-refractivity contribution is 5.78. The summed E-state index contributed by atoms with van der Waals surface area (Å²) in [7, 11) is 0. The van der Waals surface area contributed by atoms with Gasteiger partial charge >= 0.3 is 0 Å². The number of amides is 1.